The third kappa shape index (κ3) is 4.59. The lowest BCUT2D eigenvalue weighted by molar-refractivity contribution is -0.141. The Balaban J connectivity index is 2.65. The molecule has 19 heavy (non-hydrogen) atoms. The first-order chi connectivity index (χ1) is 8.71. The van der Waals surface area contributed by atoms with Gasteiger partial charge in [-0.3, -0.25) is 9.59 Å². The van der Waals surface area contributed by atoms with Crippen molar-refractivity contribution in [3.05, 3.63) is 29.3 Å². The summed E-state index contributed by atoms with van der Waals surface area (Å²) in [5, 5.41) is 20.9. The number of carboxylic acid groups (broad SMARTS) is 1. The van der Waals surface area contributed by atoms with Crippen molar-refractivity contribution < 1.29 is 19.8 Å². The molecule has 1 aromatic rings. The van der Waals surface area contributed by atoms with Crippen LogP contribution in [0, 0.1) is 6.92 Å². The molecular weight excluding hydrogens is 248 g/mol. The molecule has 6 heteroatoms. The number of carbonyl (C=O) groups is 2. The van der Waals surface area contributed by atoms with Crippen LogP contribution in [0.3, 0.4) is 0 Å². The predicted octanol–water partition coefficient (Wildman–Crippen LogP) is 0.533. The monoisotopic (exact) mass is 266 g/mol. The molecule has 1 rings (SSSR count). The van der Waals surface area contributed by atoms with Gasteiger partial charge in [-0.05, 0) is 37.6 Å². The largest absolute Gasteiger partial charge is 0.481 e. The van der Waals surface area contributed by atoms with Gasteiger partial charge in [0.05, 0.1) is 12.0 Å². The SMILES string of the molecule is Cc1cc(C(=O)NCC(C)(O)CC(=O)O)ccc1N. The van der Waals surface area contributed by atoms with Crippen LogP contribution < -0.4 is 11.1 Å². The molecule has 0 aliphatic carbocycles. The first-order valence-electron chi connectivity index (χ1n) is 5.80. The van der Waals surface area contributed by atoms with E-state index in [4.69, 9.17) is 10.8 Å². The summed E-state index contributed by atoms with van der Waals surface area (Å²) >= 11 is 0. The lowest BCUT2D eigenvalue weighted by Gasteiger charge is -2.21. The smallest absolute Gasteiger partial charge is 0.306 e. The van der Waals surface area contributed by atoms with Crippen LogP contribution in [0.1, 0.15) is 29.3 Å². The molecular formula is C13H18N2O4. The summed E-state index contributed by atoms with van der Waals surface area (Å²) < 4.78 is 0. The van der Waals surface area contributed by atoms with E-state index in [1.54, 1.807) is 25.1 Å². The fourth-order valence-electron chi connectivity index (χ4n) is 1.58. The van der Waals surface area contributed by atoms with Crippen LogP contribution in [0.2, 0.25) is 0 Å². The standard InChI is InChI=1S/C13H18N2O4/c1-8-5-9(3-4-10(8)14)12(18)15-7-13(2,19)6-11(16)17/h3-5,19H,6-7,14H2,1-2H3,(H,15,18)(H,16,17). The number of carboxylic acids is 1. The van der Waals surface area contributed by atoms with E-state index in [2.05, 4.69) is 5.32 Å². The summed E-state index contributed by atoms with van der Waals surface area (Å²) in [5.74, 6) is -1.50. The predicted molar refractivity (Wildman–Crippen MR) is 70.8 cm³/mol. The highest BCUT2D eigenvalue weighted by Crippen LogP contribution is 2.13. The molecule has 1 unspecified atom stereocenters. The van der Waals surface area contributed by atoms with E-state index >= 15 is 0 Å². The summed E-state index contributed by atoms with van der Waals surface area (Å²) in [6.07, 6.45) is -0.436. The Morgan fingerprint density at radius 3 is 2.58 bits per heavy atom. The van der Waals surface area contributed by atoms with Crippen molar-refractivity contribution in [2.45, 2.75) is 25.9 Å². The summed E-state index contributed by atoms with van der Waals surface area (Å²) in [6.45, 7) is 3.00. The molecule has 1 atom stereocenters. The van der Waals surface area contributed by atoms with E-state index in [0.717, 1.165) is 5.56 Å². The van der Waals surface area contributed by atoms with E-state index in [-0.39, 0.29) is 12.5 Å². The Morgan fingerprint density at radius 1 is 1.42 bits per heavy atom. The van der Waals surface area contributed by atoms with Crippen molar-refractivity contribution >= 4 is 17.6 Å². The topological polar surface area (TPSA) is 113 Å². The van der Waals surface area contributed by atoms with Crippen LogP contribution in [0.5, 0.6) is 0 Å². The maximum absolute atomic E-state index is 11.8. The van der Waals surface area contributed by atoms with Gasteiger partial charge in [-0.25, -0.2) is 0 Å². The van der Waals surface area contributed by atoms with Crippen LogP contribution in [-0.4, -0.2) is 34.2 Å². The van der Waals surface area contributed by atoms with Gasteiger partial charge in [0.15, 0.2) is 0 Å². The molecule has 104 valence electrons. The molecule has 0 spiro atoms. The number of nitrogens with one attached hydrogen (secondary N) is 1. The minimum absolute atomic E-state index is 0.137. The van der Waals surface area contributed by atoms with Crippen LogP contribution in [-0.2, 0) is 4.79 Å². The molecule has 5 N–H and O–H groups in total. The van der Waals surface area contributed by atoms with Crippen LogP contribution in [0.25, 0.3) is 0 Å². The molecule has 0 aliphatic heterocycles. The Kier molecular flexibility index (Phi) is 4.50. The second-order valence-corrected chi connectivity index (χ2v) is 4.82. The van der Waals surface area contributed by atoms with E-state index in [1.165, 1.54) is 6.92 Å². The fraction of sp³-hybridized carbons (Fsp3) is 0.385. The lowest BCUT2D eigenvalue weighted by Crippen LogP contribution is -2.42. The van der Waals surface area contributed by atoms with Crippen molar-refractivity contribution in [3.8, 4) is 0 Å². The van der Waals surface area contributed by atoms with Gasteiger partial charge < -0.3 is 21.3 Å². The zero-order chi connectivity index (χ0) is 14.6. The molecule has 1 amide bonds. The lowest BCUT2D eigenvalue weighted by atomic mass is 10.0. The van der Waals surface area contributed by atoms with Gasteiger partial charge in [0.25, 0.3) is 5.91 Å². The number of aliphatic hydroxyl groups is 1. The van der Waals surface area contributed by atoms with Crippen molar-refractivity contribution in [2.24, 2.45) is 0 Å². The minimum Gasteiger partial charge on any atom is -0.481 e. The van der Waals surface area contributed by atoms with Crippen LogP contribution >= 0.6 is 0 Å². The Hall–Kier alpha value is -2.08. The van der Waals surface area contributed by atoms with Crippen molar-refractivity contribution in [1.29, 1.82) is 0 Å². The number of amides is 1. The number of rotatable bonds is 5. The average molecular weight is 266 g/mol. The van der Waals surface area contributed by atoms with Gasteiger partial charge in [0.2, 0.25) is 0 Å². The number of nitrogens with two attached hydrogens (primary N) is 1. The van der Waals surface area contributed by atoms with Gasteiger partial charge in [0, 0.05) is 17.8 Å². The molecule has 0 bridgehead atoms. The summed E-state index contributed by atoms with van der Waals surface area (Å²) in [6, 6.07) is 4.83. The molecule has 0 saturated carbocycles. The van der Waals surface area contributed by atoms with Crippen molar-refractivity contribution in [2.75, 3.05) is 12.3 Å². The zero-order valence-electron chi connectivity index (χ0n) is 10.9. The highest BCUT2D eigenvalue weighted by molar-refractivity contribution is 5.94. The number of aryl methyl sites for hydroxylation is 1. The second-order valence-electron chi connectivity index (χ2n) is 4.82. The Labute approximate surface area is 111 Å². The van der Waals surface area contributed by atoms with Gasteiger partial charge in [-0.1, -0.05) is 0 Å². The number of anilines is 1. The quantitative estimate of drug-likeness (QED) is 0.581. The molecule has 1 aromatic carbocycles. The molecule has 0 radical (unpaired) electrons. The van der Waals surface area contributed by atoms with Crippen molar-refractivity contribution in [3.63, 3.8) is 0 Å². The van der Waals surface area contributed by atoms with Gasteiger partial charge in [-0.15, -0.1) is 0 Å². The Bertz CT molecular complexity index is 497. The maximum atomic E-state index is 11.8. The van der Waals surface area contributed by atoms with Gasteiger partial charge in [0.1, 0.15) is 0 Å². The molecule has 0 heterocycles. The fourth-order valence-corrected chi connectivity index (χ4v) is 1.58. The van der Waals surface area contributed by atoms with Gasteiger partial charge in [-0.2, -0.15) is 0 Å². The molecule has 6 nitrogen and oxygen atoms in total. The third-order valence-electron chi connectivity index (χ3n) is 2.69. The number of aliphatic carboxylic acids is 1. The zero-order valence-corrected chi connectivity index (χ0v) is 10.9. The molecule has 0 aliphatic rings. The number of hydrogen-bond donors (Lipinski definition) is 4. The summed E-state index contributed by atoms with van der Waals surface area (Å²) in [4.78, 5) is 22.4. The molecule has 0 fully saturated rings. The highest BCUT2D eigenvalue weighted by atomic mass is 16.4. The first kappa shape index (κ1) is 15.0. The molecule has 0 saturated heterocycles. The van der Waals surface area contributed by atoms with E-state index in [9.17, 15) is 14.7 Å². The van der Waals surface area contributed by atoms with Crippen molar-refractivity contribution in [1.82, 2.24) is 5.32 Å². The Morgan fingerprint density at radius 2 is 2.05 bits per heavy atom. The average Bonchev–Trinajstić information content (AvgIpc) is 2.28. The number of hydrogen-bond acceptors (Lipinski definition) is 4. The van der Waals surface area contributed by atoms with Gasteiger partial charge >= 0.3 is 5.97 Å². The van der Waals surface area contributed by atoms with Crippen LogP contribution in [0.15, 0.2) is 18.2 Å². The van der Waals surface area contributed by atoms with E-state index in [0.29, 0.717) is 11.3 Å². The molecule has 0 aromatic heterocycles. The number of benzene rings is 1. The van der Waals surface area contributed by atoms with Crippen LogP contribution in [0.4, 0.5) is 5.69 Å². The summed E-state index contributed by atoms with van der Waals surface area (Å²) in [5.41, 5.74) is 5.96. The van der Waals surface area contributed by atoms with E-state index < -0.39 is 18.0 Å². The first-order valence-corrected chi connectivity index (χ1v) is 5.80. The van der Waals surface area contributed by atoms with E-state index in [1.807, 2.05) is 0 Å². The second kappa shape index (κ2) is 5.71. The normalized spacial score (nSPS) is 13.6. The third-order valence-corrected chi connectivity index (χ3v) is 2.69. The highest BCUT2D eigenvalue weighted by Gasteiger charge is 2.25. The minimum atomic E-state index is -1.48. The number of carbonyl (C=O) groups excluding carboxylic acids is 1. The maximum Gasteiger partial charge on any atom is 0.306 e. The summed E-state index contributed by atoms with van der Waals surface area (Å²) in [7, 11) is 0. The number of nitrogen functional groups attached to an aromatic ring is 1.